The summed E-state index contributed by atoms with van der Waals surface area (Å²) < 4.78 is 5.63. The summed E-state index contributed by atoms with van der Waals surface area (Å²) in [6, 6.07) is 10.4. The Balaban J connectivity index is 1.69. The van der Waals surface area contributed by atoms with Gasteiger partial charge in [-0.15, -0.1) is 0 Å². The number of hydrogen-bond donors (Lipinski definition) is 1. The normalized spacial score (nSPS) is 16.8. The van der Waals surface area contributed by atoms with Crippen LogP contribution in [0.15, 0.2) is 30.3 Å². The summed E-state index contributed by atoms with van der Waals surface area (Å²) >= 11 is 0. The van der Waals surface area contributed by atoms with Gasteiger partial charge in [0.2, 0.25) is 0 Å². The number of urea groups is 1. The summed E-state index contributed by atoms with van der Waals surface area (Å²) in [5.74, 6) is 0. The number of anilines is 1. The maximum atomic E-state index is 12.3. The Bertz CT molecular complexity index is 475. The molecule has 0 spiro atoms. The Kier molecular flexibility index (Phi) is 7.89. The number of nitrogens with one attached hydrogen (secondary N) is 1. The van der Waals surface area contributed by atoms with Crippen molar-refractivity contribution in [1.29, 1.82) is 0 Å². The van der Waals surface area contributed by atoms with E-state index in [0.29, 0.717) is 13.1 Å². The van der Waals surface area contributed by atoms with Crippen molar-refractivity contribution in [2.75, 3.05) is 44.2 Å². The number of hydrogen-bond acceptors (Lipinski definition) is 3. The second-order valence-electron chi connectivity index (χ2n) is 6.17. The van der Waals surface area contributed by atoms with Crippen LogP contribution in [0.4, 0.5) is 10.5 Å². The molecule has 1 N–H and O–H groups in total. The zero-order chi connectivity index (χ0) is 17.2. The molecule has 2 amide bonds. The lowest BCUT2D eigenvalue weighted by Gasteiger charge is -2.25. The fourth-order valence-corrected chi connectivity index (χ4v) is 3.08. The summed E-state index contributed by atoms with van der Waals surface area (Å²) in [7, 11) is 0. The lowest BCUT2D eigenvalue weighted by atomic mass is 10.2. The van der Waals surface area contributed by atoms with E-state index in [4.69, 9.17) is 4.74 Å². The lowest BCUT2D eigenvalue weighted by Crippen LogP contribution is -2.44. The summed E-state index contributed by atoms with van der Waals surface area (Å²) in [5, 5.41) is 3.04. The van der Waals surface area contributed by atoms with Crippen LogP contribution in [-0.2, 0) is 4.74 Å². The molecule has 134 valence electrons. The molecule has 5 nitrogen and oxygen atoms in total. The molecule has 1 heterocycles. The maximum Gasteiger partial charge on any atom is 0.317 e. The third-order valence-electron chi connectivity index (χ3n) is 4.50. The number of benzene rings is 1. The van der Waals surface area contributed by atoms with Gasteiger partial charge in [-0.05, 0) is 45.2 Å². The largest absolute Gasteiger partial charge is 0.376 e. The Morgan fingerprint density at radius 2 is 2.04 bits per heavy atom. The number of likely N-dealkylation sites (N-methyl/N-ethyl adjacent to an activating group) is 1. The molecule has 0 aliphatic carbocycles. The van der Waals surface area contributed by atoms with Gasteiger partial charge in [-0.2, -0.15) is 0 Å². The average molecular weight is 333 g/mol. The van der Waals surface area contributed by atoms with Crippen LogP contribution in [0.3, 0.4) is 0 Å². The number of para-hydroxylation sites is 1. The van der Waals surface area contributed by atoms with E-state index in [-0.39, 0.29) is 12.1 Å². The zero-order valence-electron chi connectivity index (χ0n) is 15.0. The fraction of sp³-hybridized carbons (Fsp3) is 0.632. The number of rotatable bonds is 9. The third kappa shape index (κ3) is 5.71. The number of carbonyl (C=O) groups excluding carboxylic acids is 1. The minimum absolute atomic E-state index is 0.0239. The molecule has 1 aromatic carbocycles. The van der Waals surface area contributed by atoms with Crippen LogP contribution in [0.25, 0.3) is 0 Å². The molecule has 1 fully saturated rings. The van der Waals surface area contributed by atoms with E-state index in [2.05, 4.69) is 41.4 Å². The predicted octanol–water partition coefficient (Wildman–Crippen LogP) is 3.11. The van der Waals surface area contributed by atoms with E-state index in [0.717, 1.165) is 45.5 Å². The van der Waals surface area contributed by atoms with Crippen LogP contribution < -0.4 is 10.2 Å². The van der Waals surface area contributed by atoms with Crippen LogP contribution in [-0.4, -0.2) is 56.4 Å². The van der Waals surface area contributed by atoms with Crippen molar-refractivity contribution in [1.82, 2.24) is 10.2 Å². The summed E-state index contributed by atoms with van der Waals surface area (Å²) in [6.45, 7) is 9.04. The molecule has 0 saturated carbocycles. The van der Waals surface area contributed by atoms with Gasteiger partial charge in [-0.25, -0.2) is 4.79 Å². The van der Waals surface area contributed by atoms with Gasteiger partial charge in [0.1, 0.15) is 0 Å². The first-order valence-corrected chi connectivity index (χ1v) is 9.19. The van der Waals surface area contributed by atoms with Crippen LogP contribution in [0.5, 0.6) is 0 Å². The van der Waals surface area contributed by atoms with Crippen LogP contribution in [0.2, 0.25) is 0 Å². The predicted molar refractivity (Wildman–Crippen MR) is 98.6 cm³/mol. The zero-order valence-corrected chi connectivity index (χ0v) is 15.0. The van der Waals surface area contributed by atoms with E-state index in [1.54, 1.807) is 0 Å². The molecule has 0 aromatic heterocycles. The van der Waals surface area contributed by atoms with Crippen LogP contribution in [0.1, 0.15) is 33.1 Å². The maximum absolute atomic E-state index is 12.3. The van der Waals surface area contributed by atoms with Crippen molar-refractivity contribution in [3.8, 4) is 0 Å². The molecule has 1 aromatic rings. The highest BCUT2D eigenvalue weighted by molar-refractivity contribution is 5.74. The standard InChI is InChI=1S/C19H31N3O2/c1-3-21(17-10-6-5-7-11-17)14-9-13-20-19(23)22(4-2)16-18-12-8-15-24-18/h5-7,10-11,18H,3-4,8-9,12-16H2,1-2H3,(H,20,23). The van der Waals surface area contributed by atoms with Crippen LogP contribution in [0, 0.1) is 0 Å². The van der Waals surface area contributed by atoms with E-state index >= 15 is 0 Å². The Morgan fingerprint density at radius 1 is 1.25 bits per heavy atom. The molecule has 0 bridgehead atoms. The van der Waals surface area contributed by atoms with Gasteiger partial charge in [-0.3, -0.25) is 0 Å². The van der Waals surface area contributed by atoms with Gasteiger partial charge in [0.15, 0.2) is 0 Å². The highest BCUT2D eigenvalue weighted by Crippen LogP contribution is 2.14. The summed E-state index contributed by atoms with van der Waals surface area (Å²) in [5.41, 5.74) is 1.24. The van der Waals surface area contributed by atoms with Crippen molar-refractivity contribution in [3.63, 3.8) is 0 Å². The van der Waals surface area contributed by atoms with Gasteiger partial charge >= 0.3 is 6.03 Å². The van der Waals surface area contributed by atoms with E-state index < -0.39 is 0 Å². The Labute approximate surface area is 146 Å². The van der Waals surface area contributed by atoms with Gasteiger partial charge < -0.3 is 19.9 Å². The molecular formula is C19H31N3O2. The number of nitrogens with zero attached hydrogens (tertiary/aromatic N) is 2. The number of amides is 2. The molecule has 1 unspecified atom stereocenters. The van der Waals surface area contributed by atoms with Crippen molar-refractivity contribution < 1.29 is 9.53 Å². The first-order chi connectivity index (χ1) is 11.7. The molecule has 1 atom stereocenters. The van der Waals surface area contributed by atoms with Crippen LogP contribution >= 0.6 is 0 Å². The van der Waals surface area contributed by atoms with Crippen molar-refractivity contribution in [2.45, 2.75) is 39.2 Å². The number of carbonyl (C=O) groups is 1. The lowest BCUT2D eigenvalue weighted by molar-refractivity contribution is 0.0827. The summed E-state index contributed by atoms with van der Waals surface area (Å²) in [6.07, 6.45) is 3.32. The Morgan fingerprint density at radius 3 is 2.67 bits per heavy atom. The first-order valence-electron chi connectivity index (χ1n) is 9.19. The minimum atomic E-state index is 0.0239. The average Bonchev–Trinajstić information content (AvgIpc) is 3.13. The monoisotopic (exact) mass is 333 g/mol. The van der Waals surface area contributed by atoms with E-state index in [1.165, 1.54) is 5.69 Å². The third-order valence-corrected chi connectivity index (χ3v) is 4.50. The minimum Gasteiger partial charge on any atom is -0.376 e. The topological polar surface area (TPSA) is 44.8 Å². The van der Waals surface area contributed by atoms with Gasteiger partial charge in [0.25, 0.3) is 0 Å². The molecule has 1 aliphatic heterocycles. The molecular weight excluding hydrogens is 302 g/mol. The molecule has 24 heavy (non-hydrogen) atoms. The molecule has 5 heteroatoms. The SMILES string of the molecule is CCN(CC1CCCO1)C(=O)NCCCN(CC)c1ccccc1. The number of ether oxygens (including phenoxy) is 1. The quantitative estimate of drug-likeness (QED) is 0.706. The molecule has 0 radical (unpaired) electrons. The second kappa shape index (κ2) is 10.2. The van der Waals surface area contributed by atoms with Gasteiger partial charge in [0.05, 0.1) is 6.10 Å². The van der Waals surface area contributed by atoms with Gasteiger partial charge in [-0.1, -0.05) is 18.2 Å². The van der Waals surface area contributed by atoms with Crippen molar-refractivity contribution in [3.05, 3.63) is 30.3 Å². The van der Waals surface area contributed by atoms with Crippen molar-refractivity contribution >= 4 is 11.7 Å². The van der Waals surface area contributed by atoms with Gasteiger partial charge in [0, 0.05) is 45.0 Å². The fourth-order valence-electron chi connectivity index (χ4n) is 3.08. The van der Waals surface area contributed by atoms with E-state index in [1.807, 2.05) is 17.9 Å². The molecule has 1 saturated heterocycles. The van der Waals surface area contributed by atoms with Crippen molar-refractivity contribution in [2.24, 2.45) is 0 Å². The molecule has 2 rings (SSSR count). The second-order valence-corrected chi connectivity index (χ2v) is 6.17. The van der Waals surface area contributed by atoms with E-state index in [9.17, 15) is 4.79 Å². The summed E-state index contributed by atoms with van der Waals surface area (Å²) in [4.78, 5) is 16.5. The Hall–Kier alpha value is -1.75. The highest BCUT2D eigenvalue weighted by atomic mass is 16.5. The molecule has 1 aliphatic rings. The smallest absolute Gasteiger partial charge is 0.317 e. The highest BCUT2D eigenvalue weighted by Gasteiger charge is 2.21. The first kappa shape index (κ1) is 18.6.